The fourth-order valence-corrected chi connectivity index (χ4v) is 0.995. The maximum atomic E-state index is 3.12. The largest absolute Gasteiger partial charge is 0.191 e. The molecule has 9 heavy (non-hydrogen) atoms. The normalized spacial score (nSPS) is 13.8. The summed E-state index contributed by atoms with van der Waals surface area (Å²) in [6.45, 7) is 0. The molecule has 1 aliphatic heterocycles. The van der Waals surface area contributed by atoms with Crippen LogP contribution in [0.5, 0.6) is 0 Å². The number of benzene rings is 1. The maximum absolute atomic E-state index is 3.12. The molecule has 0 spiro atoms. The molecule has 1 aliphatic rings. The van der Waals surface area contributed by atoms with Crippen LogP contribution < -0.4 is 5.32 Å². The van der Waals surface area contributed by atoms with Gasteiger partial charge in [-0.2, -0.15) is 0 Å². The minimum absolute atomic E-state index is 1.21. The summed E-state index contributed by atoms with van der Waals surface area (Å²) in [7, 11) is 0. The van der Waals surface area contributed by atoms with Crippen LogP contribution in [0, 0.1) is 0 Å². The second kappa shape index (κ2) is 1.71. The molecule has 1 radical (unpaired) electrons. The van der Waals surface area contributed by atoms with Gasteiger partial charge in [0.15, 0.2) is 5.69 Å². The Hall–Kier alpha value is -1.08. The van der Waals surface area contributed by atoms with Gasteiger partial charge < -0.3 is 0 Å². The molecule has 2 rings (SSSR count). The lowest BCUT2D eigenvalue weighted by Crippen LogP contribution is -2.69. The zero-order chi connectivity index (χ0) is 6.10. The number of para-hydroxylation sites is 1. The molecule has 1 heteroatoms. The van der Waals surface area contributed by atoms with Crippen LogP contribution in [0.4, 0.5) is 5.69 Å². The van der Waals surface area contributed by atoms with Gasteiger partial charge in [0, 0.05) is 17.7 Å². The average Bonchev–Trinajstić information content (AvgIpc) is 2.33. The highest BCUT2D eigenvalue weighted by molar-refractivity contribution is 5.62. The molecule has 0 atom stereocenters. The third kappa shape index (κ3) is 0.661. The Balaban J connectivity index is 2.63. The molecule has 0 aliphatic carbocycles. The highest BCUT2D eigenvalue weighted by atomic mass is 14.9. The van der Waals surface area contributed by atoms with Crippen molar-refractivity contribution in [3.63, 3.8) is 0 Å². The maximum Gasteiger partial charge on any atom is 0.191 e. The molecule has 0 amide bonds. The van der Waals surface area contributed by atoms with Crippen molar-refractivity contribution >= 4 is 11.8 Å². The number of hydrogen-bond donors (Lipinski definition) is 1. The van der Waals surface area contributed by atoms with E-state index in [9.17, 15) is 0 Å². The first kappa shape index (κ1) is 4.77. The second-order valence-corrected chi connectivity index (χ2v) is 2.06. The van der Waals surface area contributed by atoms with Gasteiger partial charge >= 0.3 is 0 Å². The Morgan fingerprint density at radius 1 is 1.11 bits per heavy atom. The molecule has 1 N–H and O–H groups in total. The highest BCUT2D eigenvalue weighted by Crippen LogP contribution is 2.13. The van der Waals surface area contributed by atoms with Crippen LogP contribution in [0.25, 0.3) is 6.08 Å². The SMILES string of the molecule is C1=Cc2ccccc2[NH+]1. The smallest absolute Gasteiger partial charge is 0.116 e. The number of rotatable bonds is 0. The molecule has 1 aromatic rings. The summed E-state index contributed by atoms with van der Waals surface area (Å²) in [6, 6.07) is 8.22. The van der Waals surface area contributed by atoms with Crippen molar-refractivity contribution in [2.75, 3.05) is 0 Å². The second-order valence-electron chi connectivity index (χ2n) is 2.06. The molecule has 0 bridgehead atoms. The van der Waals surface area contributed by atoms with Gasteiger partial charge in [-0.25, -0.2) is 0 Å². The van der Waals surface area contributed by atoms with Crippen molar-refractivity contribution in [3.8, 4) is 0 Å². The van der Waals surface area contributed by atoms with Gasteiger partial charge in [0.25, 0.3) is 0 Å². The minimum atomic E-state index is 1.21. The molecular weight excluding hydrogens is 110 g/mol. The van der Waals surface area contributed by atoms with Gasteiger partial charge in [-0.3, -0.25) is 0 Å². The van der Waals surface area contributed by atoms with E-state index in [1.807, 2.05) is 18.3 Å². The standard InChI is InChI=1S/C8H7N/c1-2-4-8-7(3-1)5-6-9-8/h1-6,9H/q+1. The van der Waals surface area contributed by atoms with Crippen LogP contribution in [-0.4, -0.2) is 0 Å². The number of fused-ring (bicyclic) bond motifs is 1. The molecule has 1 aromatic carbocycles. The van der Waals surface area contributed by atoms with E-state index in [1.54, 1.807) is 0 Å². The van der Waals surface area contributed by atoms with Crippen molar-refractivity contribution < 1.29 is 5.32 Å². The summed E-state index contributed by atoms with van der Waals surface area (Å²) in [5.74, 6) is 0. The van der Waals surface area contributed by atoms with Gasteiger partial charge in [-0.05, 0) is 6.07 Å². The Morgan fingerprint density at radius 2 is 2.00 bits per heavy atom. The molecule has 0 saturated heterocycles. The Morgan fingerprint density at radius 3 is 2.89 bits per heavy atom. The first-order valence-electron chi connectivity index (χ1n) is 2.99. The monoisotopic (exact) mass is 117 g/mol. The molecule has 1 nitrogen and oxygen atoms in total. The number of anilines is 1. The van der Waals surface area contributed by atoms with E-state index in [2.05, 4.69) is 23.5 Å². The van der Waals surface area contributed by atoms with Gasteiger partial charge in [-0.1, -0.05) is 12.1 Å². The Kier molecular flexibility index (Phi) is 0.904. The quantitative estimate of drug-likeness (QED) is 0.513. The first-order valence-corrected chi connectivity index (χ1v) is 2.99. The van der Waals surface area contributed by atoms with Gasteiger partial charge in [0.05, 0.1) is 0 Å². The summed E-state index contributed by atoms with van der Waals surface area (Å²) in [6.07, 6.45) is 4.01. The van der Waals surface area contributed by atoms with Crippen LogP contribution in [0.1, 0.15) is 5.56 Å². The molecule has 0 fully saturated rings. The van der Waals surface area contributed by atoms with Crippen molar-refractivity contribution in [2.45, 2.75) is 0 Å². The summed E-state index contributed by atoms with van der Waals surface area (Å²) in [4.78, 5) is 0. The third-order valence-corrected chi connectivity index (χ3v) is 1.46. The van der Waals surface area contributed by atoms with Gasteiger partial charge in [0.1, 0.15) is 6.20 Å². The first-order chi connectivity index (χ1) is 4.47. The zero-order valence-corrected chi connectivity index (χ0v) is 4.96. The summed E-state index contributed by atoms with van der Waals surface area (Å²) >= 11 is 0. The topological polar surface area (TPSA) is 15.6 Å². The number of nitrogens with one attached hydrogen (secondary N) is 1. The third-order valence-electron chi connectivity index (χ3n) is 1.46. The van der Waals surface area contributed by atoms with Crippen LogP contribution in [-0.2, 0) is 0 Å². The van der Waals surface area contributed by atoms with E-state index < -0.39 is 0 Å². The lowest BCUT2D eigenvalue weighted by atomic mass is 10.2. The summed E-state index contributed by atoms with van der Waals surface area (Å²) in [5, 5.41) is 3.12. The Bertz CT molecular complexity index is 250. The molecule has 0 saturated carbocycles. The van der Waals surface area contributed by atoms with E-state index in [0.717, 1.165) is 0 Å². The van der Waals surface area contributed by atoms with Crippen molar-refractivity contribution in [1.82, 2.24) is 0 Å². The fourth-order valence-electron chi connectivity index (χ4n) is 0.995. The minimum Gasteiger partial charge on any atom is -0.116 e. The van der Waals surface area contributed by atoms with E-state index in [4.69, 9.17) is 0 Å². The number of hydrogen-bond acceptors (Lipinski definition) is 1. The molecular formula is C8H7N+. The lowest BCUT2D eigenvalue weighted by Gasteiger charge is -1.85. The van der Waals surface area contributed by atoms with Crippen molar-refractivity contribution in [2.24, 2.45) is 0 Å². The van der Waals surface area contributed by atoms with Crippen LogP contribution in [0.2, 0.25) is 0 Å². The predicted octanol–water partition coefficient (Wildman–Crippen LogP) is 0.652. The molecule has 1 heterocycles. The average molecular weight is 117 g/mol. The van der Waals surface area contributed by atoms with E-state index in [0.29, 0.717) is 0 Å². The molecule has 0 unspecified atom stereocenters. The van der Waals surface area contributed by atoms with E-state index in [-0.39, 0.29) is 0 Å². The lowest BCUT2D eigenvalue weighted by molar-refractivity contribution is -0.491. The van der Waals surface area contributed by atoms with Crippen LogP contribution >= 0.6 is 0 Å². The van der Waals surface area contributed by atoms with Gasteiger partial charge in [0.2, 0.25) is 0 Å². The summed E-state index contributed by atoms with van der Waals surface area (Å²) in [5.41, 5.74) is 2.48. The van der Waals surface area contributed by atoms with E-state index >= 15 is 0 Å². The van der Waals surface area contributed by atoms with E-state index in [1.165, 1.54) is 11.3 Å². The zero-order valence-electron chi connectivity index (χ0n) is 4.96. The van der Waals surface area contributed by atoms with Crippen LogP contribution in [0.15, 0.2) is 30.5 Å². The predicted molar refractivity (Wildman–Crippen MR) is 36.1 cm³/mol. The molecule has 0 aromatic heterocycles. The van der Waals surface area contributed by atoms with Crippen molar-refractivity contribution in [1.29, 1.82) is 0 Å². The fraction of sp³-hybridized carbons (Fsp3) is 0. The van der Waals surface area contributed by atoms with Crippen LogP contribution in [0.3, 0.4) is 0 Å². The summed E-state index contributed by atoms with van der Waals surface area (Å²) < 4.78 is 0. The van der Waals surface area contributed by atoms with Crippen molar-refractivity contribution in [3.05, 3.63) is 36.0 Å². The molecule has 43 valence electrons. The Labute approximate surface area is 54.0 Å². The van der Waals surface area contributed by atoms with Gasteiger partial charge in [-0.15, -0.1) is 5.32 Å². The highest BCUT2D eigenvalue weighted by Gasteiger charge is 2.09.